The van der Waals surface area contributed by atoms with Crippen molar-refractivity contribution < 1.29 is 9.21 Å². The highest BCUT2D eigenvalue weighted by Gasteiger charge is 2.13. The van der Waals surface area contributed by atoms with Crippen molar-refractivity contribution in [1.29, 1.82) is 0 Å². The summed E-state index contributed by atoms with van der Waals surface area (Å²) in [5, 5.41) is 7.12. The molecule has 0 spiro atoms. The second kappa shape index (κ2) is 6.72. The highest BCUT2D eigenvalue weighted by Crippen LogP contribution is 2.21. The first-order valence-electron chi connectivity index (χ1n) is 8.16. The molecule has 1 aromatic carbocycles. The van der Waals surface area contributed by atoms with E-state index in [1.54, 1.807) is 42.5 Å². The maximum atomic E-state index is 12.4. The SMILES string of the molecule is Cc1ncc(-c2c[nH]c(C(=O)Nc3cnn(Cc4ccccc4)c3)c2)o1. The minimum absolute atomic E-state index is 0.244. The van der Waals surface area contributed by atoms with Gasteiger partial charge in [0.1, 0.15) is 5.69 Å². The molecule has 1 amide bonds. The topological polar surface area (TPSA) is 88.7 Å². The number of hydrogen-bond acceptors (Lipinski definition) is 4. The van der Waals surface area contributed by atoms with Gasteiger partial charge < -0.3 is 14.7 Å². The molecule has 0 aliphatic rings. The number of amides is 1. The number of rotatable bonds is 5. The number of aromatic amines is 1. The molecule has 3 heterocycles. The summed E-state index contributed by atoms with van der Waals surface area (Å²) in [6.07, 6.45) is 6.78. The Balaban J connectivity index is 1.43. The van der Waals surface area contributed by atoms with Gasteiger partial charge in [0.05, 0.1) is 24.6 Å². The summed E-state index contributed by atoms with van der Waals surface area (Å²) in [5.41, 5.74) is 2.99. The summed E-state index contributed by atoms with van der Waals surface area (Å²) in [6, 6.07) is 11.7. The van der Waals surface area contributed by atoms with Gasteiger partial charge in [-0.1, -0.05) is 30.3 Å². The number of hydrogen-bond donors (Lipinski definition) is 2. The van der Waals surface area contributed by atoms with Crippen LogP contribution in [0.3, 0.4) is 0 Å². The number of H-pyrrole nitrogens is 1. The predicted molar refractivity (Wildman–Crippen MR) is 96.8 cm³/mol. The highest BCUT2D eigenvalue weighted by atomic mass is 16.4. The summed E-state index contributed by atoms with van der Waals surface area (Å²) >= 11 is 0. The zero-order chi connectivity index (χ0) is 17.9. The lowest BCUT2D eigenvalue weighted by molar-refractivity contribution is 0.102. The maximum absolute atomic E-state index is 12.4. The van der Waals surface area contributed by atoms with Gasteiger partial charge in [-0.05, 0) is 11.6 Å². The maximum Gasteiger partial charge on any atom is 0.272 e. The van der Waals surface area contributed by atoms with Crippen molar-refractivity contribution in [1.82, 2.24) is 19.7 Å². The third kappa shape index (κ3) is 3.41. The molecule has 4 aromatic rings. The van der Waals surface area contributed by atoms with Gasteiger partial charge in [0.25, 0.3) is 5.91 Å². The number of aromatic nitrogens is 4. The molecule has 0 radical (unpaired) electrons. The Morgan fingerprint density at radius 2 is 2.12 bits per heavy atom. The summed E-state index contributed by atoms with van der Waals surface area (Å²) in [4.78, 5) is 19.4. The number of aryl methyl sites for hydroxylation is 1. The lowest BCUT2D eigenvalue weighted by Gasteiger charge is -2.01. The average Bonchev–Trinajstić information content (AvgIpc) is 3.37. The Morgan fingerprint density at radius 1 is 1.27 bits per heavy atom. The minimum atomic E-state index is -0.244. The second-order valence-electron chi connectivity index (χ2n) is 5.91. The van der Waals surface area contributed by atoms with Gasteiger partial charge in [0, 0.05) is 24.9 Å². The van der Waals surface area contributed by atoms with E-state index in [2.05, 4.69) is 20.4 Å². The third-order valence-corrected chi connectivity index (χ3v) is 3.91. The third-order valence-electron chi connectivity index (χ3n) is 3.91. The summed E-state index contributed by atoms with van der Waals surface area (Å²) < 4.78 is 7.24. The van der Waals surface area contributed by atoms with E-state index in [-0.39, 0.29) is 5.91 Å². The van der Waals surface area contributed by atoms with Gasteiger partial charge >= 0.3 is 0 Å². The van der Waals surface area contributed by atoms with Crippen LogP contribution in [0, 0.1) is 6.92 Å². The molecule has 4 rings (SSSR count). The highest BCUT2D eigenvalue weighted by molar-refractivity contribution is 6.03. The van der Waals surface area contributed by atoms with Crippen LogP contribution in [0.4, 0.5) is 5.69 Å². The first-order chi connectivity index (χ1) is 12.7. The van der Waals surface area contributed by atoms with Crippen LogP contribution in [0.15, 0.2) is 65.6 Å². The number of nitrogens with one attached hydrogen (secondary N) is 2. The van der Waals surface area contributed by atoms with Gasteiger partial charge in [0.2, 0.25) is 0 Å². The molecule has 7 nitrogen and oxygen atoms in total. The molecule has 3 aromatic heterocycles. The van der Waals surface area contributed by atoms with Crippen LogP contribution in [0.1, 0.15) is 21.9 Å². The number of anilines is 1. The monoisotopic (exact) mass is 347 g/mol. The molecule has 0 unspecified atom stereocenters. The van der Waals surface area contributed by atoms with Crippen LogP contribution < -0.4 is 5.32 Å². The number of oxazole rings is 1. The summed E-state index contributed by atoms with van der Waals surface area (Å²) in [7, 11) is 0. The van der Waals surface area contributed by atoms with Crippen LogP contribution in [-0.2, 0) is 6.54 Å². The Bertz CT molecular complexity index is 1030. The van der Waals surface area contributed by atoms with Crippen molar-refractivity contribution in [2.75, 3.05) is 5.32 Å². The first kappa shape index (κ1) is 15.9. The molecular weight excluding hydrogens is 330 g/mol. The van der Waals surface area contributed by atoms with Gasteiger partial charge in [-0.3, -0.25) is 9.48 Å². The fraction of sp³-hybridized carbons (Fsp3) is 0.105. The van der Waals surface area contributed by atoms with Gasteiger partial charge in [0.15, 0.2) is 11.7 Å². The number of nitrogens with zero attached hydrogens (tertiary/aromatic N) is 3. The average molecular weight is 347 g/mol. The van der Waals surface area contributed by atoms with Crippen LogP contribution in [0.2, 0.25) is 0 Å². The lowest BCUT2D eigenvalue weighted by Crippen LogP contribution is -2.11. The largest absolute Gasteiger partial charge is 0.441 e. The number of benzene rings is 1. The van der Waals surface area contributed by atoms with E-state index in [1.165, 1.54) is 0 Å². The molecule has 2 N–H and O–H groups in total. The normalized spacial score (nSPS) is 10.8. The quantitative estimate of drug-likeness (QED) is 0.578. The predicted octanol–water partition coefficient (Wildman–Crippen LogP) is 3.48. The van der Waals surface area contributed by atoms with E-state index < -0.39 is 0 Å². The van der Waals surface area contributed by atoms with E-state index in [9.17, 15) is 4.79 Å². The van der Waals surface area contributed by atoms with Crippen LogP contribution >= 0.6 is 0 Å². The van der Waals surface area contributed by atoms with E-state index in [0.717, 1.165) is 11.1 Å². The molecule has 0 atom stereocenters. The smallest absolute Gasteiger partial charge is 0.272 e. The Kier molecular flexibility index (Phi) is 4.10. The van der Waals surface area contributed by atoms with E-state index in [0.29, 0.717) is 29.6 Å². The molecule has 0 saturated carbocycles. The summed E-state index contributed by atoms with van der Waals surface area (Å²) in [5.74, 6) is 0.957. The molecule has 0 bridgehead atoms. The van der Waals surface area contributed by atoms with E-state index in [4.69, 9.17) is 4.42 Å². The van der Waals surface area contributed by atoms with Crippen molar-refractivity contribution in [2.24, 2.45) is 0 Å². The number of carbonyl (C=O) groups is 1. The lowest BCUT2D eigenvalue weighted by atomic mass is 10.2. The van der Waals surface area contributed by atoms with Gasteiger partial charge in [-0.15, -0.1) is 0 Å². The van der Waals surface area contributed by atoms with Gasteiger partial charge in [-0.2, -0.15) is 5.10 Å². The number of carbonyl (C=O) groups excluding carboxylic acids is 1. The van der Waals surface area contributed by atoms with Gasteiger partial charge in [-0.25, -0.2) is 4.98 Å². The Labute approximate surface area is 149 Å². The van der Waals surface area contributed by atoms with E-state index in [1.807, 2.05) is 30.3 Å². The first-order valence-corrected chi connectivity index (χ1v) is 8.16. The molecule has 0 aliphatic carbocycles. The van der Waals surface area contributed by atoms with Crippen molar-refractivity contribution in [3.05, 3.63) is 78.3 Å². The fourth-order valence-corrected chi connectivity index (χ4v) is 2.65. The zero-order valence-corrected chi connectivity index (χ0v) is 14.1. The molecular formula is C19H17N5O2. The molecule has 7 heteroatoms. The molecule has 0 aliphatic heterocycles. The van der Waals surface area contributed by atoms with Crippen LogP contribution in [-0.4, -0.2) is 25.7 Å². The molecule has 130 valence electrons. The molecule has 26 heavy (non-hydrogen) atoms. The fourth-order valence-electron chi connectivity index (χ4n) is 2.65. The Morgan fingerprint density at radius 3 is 2.88 bits per heavy atom. The van der Waals surface area contributed by atoms with Crippen molar-refractivity contribution in [3.8, 4) is 11.3 Å². The van der Waals surface area contributed by atoms with E-state index >= 15 is 0 Å². The van der Waals surface area contributed by atoms with Crippen molar-refractivity contribution in [2.45, 2.75) is 13.5 Å². The molecule has 0 fully saturated rings. The zero-order valence-electron chi connectivity index (χ0n) is 14.1. The van der Waals surface area contributed by atoms with Crippen LogP contribution in [0.5, 0.6) is 0 Å². The second-order valence-corrected chi connectivity index (χ2v) is 5.91. The summed E-state index contributed by atoms with van der Waals surface area (Å²) in [6.45, 7) is 2.42. The standard InChI is InChI=1S/C19H17N5O2/c1-13-20-10-18(26-13)15-7-17(21-8-15)19(25)23-16-9-22-24(12-16)11-14-5-3-2-4-6-14/h2-10,12,21H,11H2,1H3,(H,23,25). The minimum Gasteiger partial charge on any atom is -0.441 e. The van der Waals surface area contributed by atoms with Crippen molar-refractivity contribution >= 4 is 11.6 Å². The van der Waals surface area contributed by atoms with Crippen LogP contribution in [0.25, 0.3) is 11.3 Å². The van der Waals surface area contributed by atoms with Crippen molar-refractivity contribution in [3.63, 3.8) is 0 Å². The molecule has 0 saturated heterocycles. The Hall–Kier alpha value is -3.61.